The van der Waals surface area contributed by atoms with Crippen molar-refractivity contribution in [2.45, 2.75) is 90.4 Å². The third-order valence-electron chi connectivity index (χ3n) is 6.01. The standard InChI is InChI=1S/C24H36FNO/c1-2-3-4-5-6-7-9-20-11-13-21(14-12-20)10-8-17-27-24-16-15-22(19-26)18-23(24)25/h15-16,18,20-21H,2-14,17H2,1H3/t20-,21-. The van der Waals surface area contributed by atoms with Gasteiger partial charge in [0.2, 0.25) is 0 Å². The maximum Gasteiger partial charge on any atom is 0.166 e. The van der Waals surface area contributed by atoms with Gasteiger partial charge < -0.3 is 4.74 Å². The lowest BCUT2D eigenvalue weighted by atomic mass is 9.78. The zero-order chi connectivity index (χ0) is 19.3. The summed E-state index contributed by atoms with van der Waals surface area (Å²) in [5, 5.41) is 8.76. The number of ether oxygens (including phenoxy) is 1. The third kappa shape index (κ3) is 8.33. The highest BCUT2D eigenvalue weighted by molar-refractivity contribution is 5.35. The number of nitrogens with zero attached hydrogens (tertiary/aromatic N) is 1. The van der Waals surface area contributed by atoms with Crippen LogP contribution in [0.2, 0.25) is 0 Å². The van der Waals surface area contributed by atoms with E-state index >= 15 is 0 Å². The second kappa shape index (κ2) is 12.8. The monoisotopic (exact) mass is 373 g/mol. The molecule has 0 atom stereocenters. The first-order valence-corrected chi connectivity index (χ1v) is 11.1. The molecule has 0 N–H and O–H groups in total. The molecule has 1 aliphatic carbocycles. The number of rotatable bonds is 12. The predicted molar refractivity (Wildman–Crippen MR) is 109 cm³/mol. The Kier molecular flexibility index (Phi) is 10.3. The predicted octanol–water partition coefficient (Wildman–Crippen LogP) is 7.41. The molecule has 1 saturated carbocycles. The van der Waals surface area contributed by atoms with Crippen LogP contribution in [-0.2, 0) is 0 Å². The van der Waals surface area contributed by atoms with E-state index in [1.54, 1.807) is 12.1 Å². The quantitative estimate of drug-likeness (QED) is 0.357. The van der Waals surface area contributed by atoms with Gasteiger partial charge in [-0.1, -0.05) is 77.6 Å². The molecule has 0 spiro atoms. The fourth-order valence-corrected chi connectivity index (χ4v) is 4.26. The lowest BCUT2D eigenvalue weighted by molar-refractivity contribution is 0.225. The van der Waals surface area contributed by atoms with Crippen molar-refractivity contribution in [3.05, 3.63) is 29.6 Å². The fraction of sp³-hybridized carbons (Fsp3) is 0.708. The van der Waals surface area contributed by atoms with E-state index in [1.165, 1.54) is 83.1 Å². The van der Waals surface area contributed by atoms with Gasteiger partial charge in [0, 0.05) is 0 Å². The molecule has 0 heterocycles. The highest BCUT2D eigenvalue weighted by atomic mass is 19.1. The SMILES string of the molecule is CCCCCCCC[C@H]1CC[C@H](CCCOc2ccc(C#N)cc2F)CC1. The van der Waals surface area contributed by atoms with Crippen LogP contribution in [0.1, 0.15) is 96.0 Å². The maximum atomic E-state index is 13.8. The summed E-state index contributed by atoms with van der Waals surface area (Å²) >= 11 is 0. The molecule has 0 amide bonds. The van der Waals surface area contributed by atoms with Crippen molar-refractivity contribution in [1.82, 2.24) is 0 Å². The smallest absolute Gasteiger partial charge is 0.166 e. The summed E-state index contributed by atoms with van der Waals surface area (Å²) in [6.07, 6.45) is 17.5. The van der Waals surface area contributed by atoms with E-state index in [2.05, 4.69) is 6.92 Å². The van der Waals surface area contributed by atoms with Crippen molar-refractivity contribution in [3.8, 4) is 11.8 Å². The summed E-state index contributed by atoms with van der Waals surface area (Å²) < 4.78 is 19.3. The summed E-state index contributed by atoms with van der Waals surface area (Å²) in [5.41, 5.74) is 0.331. The first-order chi connectivity index (χ1) is 13.2. The average molecular weight is 374 g/mol. The van der Waals surface area contributed by atoms with Crippen molar-refractivity contribution in [2.24, 2.45) is 11.8 Å². The Labute approximate surface area is 165 Å². The van der Waals surface area contributed by atoms with Gasteiger partial charge in [-0.3, -0.25) is 0 Å². The highest BCUT2D eigenvalue weighted by Crippen LogP contribution is 2.34. The van der Waals surface area contributed by atoms with Crippen molar-refractivity contribution in [3.63, 3.8) is 0 Å². The molecule has 27 heavy (non-hydrogen) atoms. The minimum atomic E-state index is -0.441. The van der Waals surface area contributed by atoms with Crippen LogP contribution in [0.5, 0.6) is 5.75 Å². The summed E-state index contributed by atoms with van der Waals surface area (Å²) in [5.74, 6) is 1.59. The van der Waals surface area contributed by atoms with Gasteiger partial charge in [0.15, 0.2) is 11.6 Å². The molecule has 0 aliphatic heterocycles. The lowest BCUT2D eigenvalue weighted by Gasteiger charge is -2.28. The molecule has 1 fully saturated rings. The van der Waals surface area contributed by atoms with Gasteiger partial charge in [-0.05, 0) is 42.9 Å². The lowest BCUT2D eigenvalue weighted by Crippen LogP contribution is -2.15. The molecule has 3 heteroatoms. The van der Waals surface area contributed by atoms with Crippen LogP contribution in [0.15, 0.2) is 18.2 Å². The molecule has 2 nitrogen and oxygen atoms in total. The zero-order valence-corrected chi connectivity index (χ0v) is 17.0. The molecule has 150 valence electrons. The van der Waals surface area contributed by atoms with Crippen molar-refractivity contribution < 1.29 is 9.13 Å². The Bertz CT molecular complexity index is 572. The molecule has 0 radical (unpaired) electrons. The molecule has 0 saturated heterocycles. The second-order valence-electron chi connectivity index (χ2n) is 8.19. The molecular formula is C24H36FNO. The Morgan fingerprint density at radius 3 is 2.22 bits per heavy atom. The second-order valence-corrected chi connectivity index (χ2v) is 8.19. The van der Waals surface area contributed by atoms with E-state index < -0.39 is 5.82 Å². The van der Waals surface area contributed by atoms with Gasteiger partial charge in [-0.15, -0.1) is 0 Å². The summed E-state index contributed by atoms with van der Waals surface area (Å²) in [7, 11) is 0. The molecule has 1 aromatic carbocycles. The number of halogens is 1. The van der Waals surface area contributed by atoms with Crippen molar-refractivity contribution >= 4 is 0 Å². The third-order valence-corrected chi connectivity index (χ3v) is 6.01. The molecule has 0 aromatic heterocycles. The Hall–Kier alpha value is -1.56. The number of hydrogen-bond acceptors (Lipinski definition) is 2. The van der Waals surface area contributed by atoms with Crippen LogP contribution in [0.4, 0.5) is 4.39 Å². The molecular weight excluding hydrogens is 337 g/mol. The normalized spacial score (nSPS) is 19.6. The van der Waals surface area contributed by atoms with Gasteiger partial charge in [0.05, 0.1) is 18.2 Å². The Balaban J connectivity index is 1.52. The molecule has 0 bridgehead atoms. The fourth-order valence-electron chi connectivity index (χ4n) is 4.26. The minimum absolute atomic E-state index is 0.261. The maximum absolute atomic E-state index is 13.8. The van der Waals surface area contributed by atoms with Crippen LogP contribution in [0, 0.1) is 29.0 Å². The molecule has 0 unspecified atom stereocenters. The highest BCUT2D eigenvalue weighted by Gasteiger charge is 2.20. The van der Waals surface area contributed by atoms with Crippen LogP contribution in [0.3, 0.4) is 0 Å². The first kappa shape index (κ1) is 21.7. The van der Waals surface area contributed by atoms with Crippen LogP contribution in [-0.4, -0.2) is 6.61 Å². The Morgan fingerprint density at radius 2 is 1.59 bits per heavy atom. The van der Waals surface area contributed by atoms with E-state index in [9.17, 15) is 4.39 Å². The first-order valence-electron chi connectivity index (χ1n) is 11.1. The van der Waals surface area contributed by atoms with Gasteiger partial charge >= 0.3 is 0 Å². The number of nitriles is 1. The van der Waals surface area contributed by atoms with Crippen LogP contribution in [0.25, 0.3) is 0 Å². The summed E-state index contributed by atoms with van der Waals surface area (Å²) in [4.78, 5) is 0. The zero-order valence-electron chi connectivity index (χ0n) is 17.0. The van der Waals surface area contributed by atoms with E-state index in [4.69, 9.17) is 10.00 Å². The largest absolute Gasteiger partial charge is 0.491 e. The van der Waals surface area contributed by atoms with Gasteiger partial charge in [0.1, 0.15) is 0 Å². The number of benzene rings is 1. The molecule has 1 aromatic rings. The van der Waals surface area contributed by atoms with Crippen LogP contribution >= 0.6 is 0 Å². The van der Waals surface area contributed by atoms with Gasteiger partial charge in [-0.25, -0.2) is 4.39 Å². The number of unbranched alkanes of at least 4 members (excludes halogenated alkanes) is 5. The molecule has 1 aliphatic rings. The number of hydrogen-bond donors (Lipinski definition) is 0. The van der Waals surface area contributed by atoms with E-state index in [1.807, 2.05) is 6.07 Å². The Morgan fingerprint density at radius 1 is 0.963 bits per heavy atom. The van der Waals surface area contributed by atoms with E-state index in [0.29, 0.717) is 12.2 Å². The average Bonchev–Trinajstić information content (AvgIpc) is 2.70. The van der Waals surface area contributed by atoms with Crippen molar-refractivity contribution in [2.75, 3.05) is 6.61 Å². The van der Waals surface area contributed by atoms with Crippen LogP contribution < -0.4 is 4.74 Å². The van der Waals surface area contributed by atoms with E-state index in [0.717, 1.165) is 18.3 Å². The molecule has 2 rings (SSSR count). The van der Waals surface area contributed by atoms with Crippen molar-refractivity contribution in [1.29, 1.82) is 5.26 Å². The summed E-state index contributed by atoms with van der Waals surface area (Å²) in [6.45, 7) is 2.83. The van der Waals surface area contributed by atoms with Gasteiger partial charge in [0.25, 0.3) is 0 Å². The topological polar surface area (TPSA) is 33.0 Å². The van der Waals surface area contributed by atoms with E-state index in [-0.39, 0.29) is 5.75 Å². The summed E-state index contributed by atoms with van der Waals surface area (Å²) in [6, 6.07) is 6.33. The van der Waals surface area contributed by atoms with Gasteiger partial charge in [-0.2, -0.15) is 5.26 Å². The minimum Gasteiger partial charge on any atom is -0.491 e.